The molecule has 0 unspecified atom stereocenters. The smallest absolute Gasteiger partial charge is 0.129 e. The van der Waals surface area contributed by atoms with E-state index in [1.807, 2.05) is 12.1 Å². The van der Waals surface area contributed by atoms with Gasteiger partial charge in [-0.2, -0.15) is 0 Å². The van der Waals surface area contributed by atoms with Crippen LogP contribution < -0.4 is 4.90 Å². The van der Waals surface area contributed by atoms with Crippen LogP contribution in [-0.2, 0) is 0 Å². The van der Waals surface area contributed by atoms with Crippen LogP contribution in [0.15, 0.2) is 30.5 Å². The number of aliphatic hydroxyl groups excluding tert-OH is 1. The highest BCUT2D eigenvalue weighted by Gasteiger charge is 2.10. The Bertz CT molecular complexity index is 360. The topological polar surface area (TPSA) is 36.4 Å². The van der Waals surface area contributed by atoms with Crippen molar-refractivity contribution in [3.63, 3.8) is 0 Å². The fourth-order valence-electron chi connectivity index (χ4n) is 1.72. The maximum Gasteiger partial charge on any atom is 0.129 e. The van der Waals surface area contributed by atoms with Crippen LogP contribution in [0.3, 0.4) is 0 Å². The Kier molecular flexibility index (Phi) is 3.02. The first-order valence-electron chi connectivity index (χ1n) is 5.31. The number of hydrogen-bond donors (Lipinski definition) is 1. The van der Waals surface area contributed by atoms with Crippen LogP contribution in [0.5, 0.6) is 0 Å². The number of aliphatic hydroxyl groups is 1. The minimum atomic E-state index is -0.424. The Hall–Kier alpha value is -1.35. The van der Waals surface area contributed by atoms with E-state index in [1.54, 1.807) is 13.1 Å². The van der Waals surface area contributed by atoms with Gasteiger partial charge in [-0.25, -0.2) is 4.98 Å². The first kappa shape index (κ1) is 10.2. The number of nitrogens with zero attached hydrogens (tertiary/aromatic N) is 2. The Balaban J connectivity index is 2.20. The van der Waals surface area contributed by atoms with E-state index in [1.165, 1.54) is 0 Å². The van der Waals surface area contributed by atoms with Crippen molar-refractivity contribution in [1.29, 1.82) is 0 Å². The quantitative estimate of drug-likeness (QED) is 0.747. The largest absolute Gasteiger partial charge is 0.389 e. The van der Waals surface area contributed by atoms with Gasteiger partial charge >= 0.3 is 0 Å². The van der Waals surface area contributed by atoms with E-state index >= 15 is 0 Å². The number of rotatable bonds is 2. The Morgan fingerprint density at radius 1 is 1.47 bits per heavy atom. The molecular formula is C12H16N2O. The molecule has 0 bridgehead atoms. The summed E-state index contributed by atoms with van der Waals surface area (Å²) in [5.41, 5.74) is 0.926. The second-order valence-electron chi connectivity index (χ2n) is 3.83. The average Bonchev–Trinajstić information content (AvgIpc) is 2.30. The molecule has 1 N–H and O–H groups in total. The van der Waals surface area contributed by atoms with E-state index in [9.17, 15) is 5.11 Å². The molecule has 15 heavy (non-hydrogen) atoms. The Morgan fingerprint density at radius 3 is 3.00 bits per heavy atom. The minimum Gasteiger partial charge on any atom is -0.389 e. The standard InChI is InChI=1S/C12H16N2O/c1-10(15)11-5-6-13-12(9-11)14-7-3-2-4-8-14/h2-3,5-6,9-10,15H,4,7-8H2,1H3/t10-/m1/s1. The SMILES string of the molecule is C[C@@H](O)c1ccnc(N2CC=CCC2)c1. The molecule has 1 aliphatic rings. The van der Waals surface area contributed by atoms with E-state index in [0.717, 1.165) is 30.9 Å². The Morgan fingerprint density at radius 2 is 2.33 bits per heavy atom. The van der Waals surface area contributed by atoms with Crippen LogP contribution >= 0.6 is 0 Å². The molecule has 1 aliphatic heterocycles. The lowest BCUT2D eigenvalue weighted by molar-refractivity contribution is 0.199. The van der Waals surface area contributed by atoms with E-state index in [0.29, 0.717) is 0 Å². The van der Waals surface area contributed by atoms with Gasteiger partial charge in [-0.1, -0.05) is 12.2 Å². The van der Waals surface area contributed by atoms with Gasteiger partial charge in [0.2, 0.25) is 0 Å². The highest BCUT2D eigenvalue weighted by atomic mass is 16.3. The van der Waals surface area contributed by atoms with Gasteiger partial charge in [0.05, 0.1) is 6.10 Å². The summed E-state index contributed by atoms with van der Waals surface area (Å²) in [6, 6.07) is 3.82. The van der Waals surface area contributed by atoms with Crippen molar-refractivity contribution in [3.05, 3.63) is 36.0 Å². The minimum absolute atomic E-state index is 0.424. The van der Waals surface area contributed by atoms with Gasteiger partial charge in [-0.05, 0) is 31.0 Å². The van der Waals surface area contributed by atoms with Gasteiger partial charge in [-0.3, -0.25) is 0 Å². The normalized spacial score (nSPS) is 17.9. The lowest BCUT2D eigenvalue weighted by Gasteiger charge is -2.24. The maximum absolute atomic E-state index is 9.49. The second kappa shape index (κ2) is 4.45. The second-order valence-corrected chi connectivity index (χ2v) is 3.83. The summed E-state index contributed by atoms with van der Waals surface area (Å²) in [5, 5.41) is 9.49. The molecule has 0 radical (unpaired) electrons. The van der Waals surface area contributed by atoms with Crippen molar-refractivity contribution in [2.75, 3.05) is 18.0 Å². The van der Waals surface area contributed by atoms with Crippen molar-refractivity contribution in [2.45, 2.75) is 19.4 Å². The van der Waals surface area contributed by atoms with Crippen molar-refractivity contribution in [3.8, 4) is 0 Å². The first-order valence-corrected chi connectivity index (χ1v) is 5.31. The average molecular weight is 204 g/mol. The van der Waals surface area contributed by atoms with Gasteiger partial charge in [0.1, 0.15) is 5.82 Å². The molecule has 0 spiro atoms. The molecular weight excluding hydrogens is 188 g/mol. The van der Waals surface area contributed by atoms with Crippen LogP contribution in [0, 0.1) is 0 Å². The van der Waals surface area contributed by atoms with E-state index in [-0.39, 0.29) is 0 Å². The first-order chi connectivity index (χ1) is 7.27. The predicted octanol–water partition coefficient (Wildman–Crippen LogP) is 1.90. The molecule has 0 amide bonds. The van der Waals surface area contributed by atoms with E-state index < -0.39 is 6.10 Å². The van der Waals surface area contributed by atoms with Gasteiger partial charge in [0, 0.05) is 19.3 Å². The zero-order valence-electron chi connectivity index (χ0n) is 8.93. The van der Waals surface area contributed by atoms with Crippen molar-refractivity contribution >= 4 is 5.82 Å². The Labute approximate surface area is 90.1 Å². The third kappa shape index (κ3) is 2.36. The van der Waals surface area contributed by atoms with Crippen LogP contribution in [0.25, 0.3) is 0 Å². The van der Waals surface area contributed by atoms with Crippen molar-refractivity contribution in [2.24, 2.45) is 0 Å². The molecule has 80 valence electrons. The molecule has 0 fully saturated rings. The summed E-state index contributed by atoms with van der Waals surface area (Å²) in [5.74, 6) is 0.956. The predicted molar refractivity (Wildman–Crippen MR) is 60.8 cm³/mol. The molecule has 1 atom stereocenters. The van der Waals surface area contributed by atoms with Crippen molar-refractivity contribution in [1.82, 2.24) is 4.98 Å². The van der Waals surface area contributed by atoms with Crippen LogP contribution in [0.4, 0.5) is 5.82 Å². The van der Waals surface area contributed by atoms with E-state index in [4.69, 9.17) is 0 Å². The lowest BCUT2D eigenvalue weighted by Crippen LogP contribution is -2.27. The summed E-state index contributed by atoms with van der Waals surface area (Å²) < 4.78 is 0. The third-order valence-electron chi connectivity index (χ3n) is 2.63. The molecule has 0 saturated carbocycles. The molecule has 0 saturated heterocycles. The van der Waals surface area contributed by atoms with Crippen LogP contribution in [0.2, 0.25) is 0 Å². The fourth-order valence-corrected chi connectivity index (χ4v) is 1.72. The summed E-state index contributed by atoms with van der Waals surface area (Å²) >= 11 is 0. The highest BCUT2D eigenvalue weighted by molar-refractivity contribution is 5.43. The molecule has 3 nitrogen and oxygen atoms in total. The summed E-state index contributed by atoms with van der Waals surface area (Å²) in [4.78, 5) is 6.54. The summed E-state index contributed by atoms with van der Waals surface area (Å²) in [6.45, 7) is 3.69. The molecule has 2 heterocycles. The molecule has 3 heteroatoms. The number of hydrogen-bond acceptors (Lipinski definition) is 3. The van der Waals surface area contributed by atoms with Crippen LogP contribution in [-0.4, -0.2) is 23.2 Å². The summed E-state index contributed by atoms with van der Waals surface area (Å²) in [6.07, 6.45) is 6.75. The molecule has 2 rings (SSSR count). The van der Waals surface area contributed by atoms with E-state index in [2.05, 4.69) is 22.0 Å². The van der Waals surface area contributed by atoms with Crippen LogP contribution in [0.1, 0.15) is 25.0 Å². The zero-order chi connectivity index (χ0) is 10.7. The lowest BCUT2D eigenvalue weighted by atomic mass is 10.1. The monoisotopic (exact) mass is 204 g/mol. The highest BCUT2D eigenvalue weighted by Crippen LogP contribution is 2.19. The number of pyridine rings is 1. The summed E-state index contributed by atoms with van der Waals surface area (Å²) in [7, 11) is 0. The van der Waals surface area contributed by atoms with Gasteiger partial charge in [0.15, 0.2) is 0 Å². The van der Waals surface area contributed by atoms with Gasteiger partial charge in [-0.15, -0.1) is 0 Å². The maximum atomic E-state index is 9.49. The molecule has 1 aromatic heterocycles. The fraction of sp³-hybridized carbons (Fsp3) is 0.417. The van der Waals surface area contributed by atoms with Crippen molar-refractivity contribution < 1.29 is 5.11 Å². The zero-order valence-corrected chi connectivity index (χ0v) is 8.93. The number of aromatic nitrogens is 1. The van der Waals surface area contributed by atoms with Gasteiger partial charge < -0.3 is 10.0 Å². The third-order valence-corrected chi connectivity index (χ3v) is 2.63. The van der Waals surface area contributed by atoms with Gasteiger partial charge in [0.25, 0.3) is 0 Å². The molecule has 0 aromatic carbocycles. The molecule has 0 aliphatic carbocycles. The molecule has 1 aromatic rings. The number of anilines is 1.